The van der Waals surface area contributed by atoms with E-state index in [1.54, 1.807) is 12.1 Å². The Hall–Kier alpha value is -1.15. The average molecular weight is 192 g/mol. The summed E-state index contributed by atoms with van der Waals surface area (Å²) in [5, 5.41) is 9.32. The van der Waals surface area contributed by atoms with Crippen LogP contribution >= 0.6 is 0 Å². The number of aryl methyl sites for hydroxylation is 1. The lowest BCUT2D eigenvalue weighted by molar-refractivity contribution is 0.223. The van der Waals surface area contributed by atoms with Gasteiger partial charge in [-0.2, -0.15) is 0 Å². The Bertz CT molecular complexity index is 382. The monoisotopic (exact) mass is 192 g/mol. The van der Waals surface area contributed by atoms with Gasteiger partial charge in [0.25, 0.3) is 0 Å². The third-order valence-corrected chi connectivity index (χ3v) is 2.57. The maximum absolute atomic E-state index is 13.4. The van der Waals surface area contributed by atoms with Crippen LogP contribution in [-0.4, -0.2) is 11.2 Å². The second-order valence-electron chi connectivity index (χ2n) is 3.78. The predicted molar refractivity (Wildman–Crippen MR) is 54.4 cm³/mol. The van der Waals surface area contributed by atoms with Gasteiger partial charge in [-0.3, -0.25) is 0 Å². The molecule has 1 aromatic rings. The topological polar surface area (TPSA) is 20.2 Å². The van der Waals surface area contributed by atoms with E-state index in [2.05, 4.69) is 0 Å². The van der Waals surface area contributed by atoms with Gasteiger partial charge in [-0.05, 0) is 37.5 Å². The van der Waals surface area contributed by atoms with E-state index in [1.165, 1.54) is 6.07 Å². The summed E-state index contributed by atoms with van der Waals surface area (Å²) in [5.74, 6) is -0.198. The molecule has 1 aliphatic carbocycles. The predicted octanol–water partition coefficient (Wildman–Crippen LogP) is 2.67. The molecule has 0 radical (unpaired) electrons. The average Bonchev–Trinajstić information content (AvgIpc) is 2.56. The van der Waals surface area contributed by atoms with Crippen LogP contribution in [0.25, 0.3) is 5.57 Å². The van der Waals surface area contributed by atoms with Crippen molar-refractivity contribution in [2.45, 2.75) is 25.9 Å². The molecule has 0 spiro atoms. The Morgan fingerprint density at radius 2 is 2.21 bits per heavy atom. The first-order valence-electron chi connectivity index (χ1n) is 4.82. The molecule has 0 aliphatic heterocycles. The highest BCUT2D eigenvalue weighted by Crippen LogP contribution is 2.29. The molecule has 74 valence electrons. The zero-order chi connectivity index (χ0) is 10.1. The van der Waals surface area contributed by atoms with Crippen LogP contribution in [0.15, 0.2) is 24.3 Å². The van der Waals surface area contributed by atoms with Gasteiger partial charge in [0.1, 0.15) is 5.82 Å². The molecule has 0 fully saturated rings. The molecule has 1 unspecified atom stereocenters. The van der Waals surface area contributed by atoms with Gasteiger partial charge in [-0.15, -0.1) is 0 Å². The number of allylic oxidation sites excluding steroid dienone is 1. The van der Waals surface area contributed by atoms with E-state index in [9.17, 15) is 9.50 Å². The minimum atomic E-state index is -0.398. The number of rotatable bonds is 1. The first-order valence-corrected chi connectivity index (χ1v) is 4.82. The lowest BCUT2D eigenvalue weighted by Gasteiger charge is -2.04. The highest BCUT2D eigenvalue weighted by molar-refractivity contribution is 5.68. The van der Waals surface area contributed by atoms with Crippen molar-refractivity contribution in [3.8, 4) is 0 Å². The zero-order valence-electron chi connectivity index (χ0n) is 8.13. The summed E-state index contributed by atoms with van der Waals surface area (Å²) in [6, 6.07) is 5.07. The molecule has 1 atom stereocenters. The molecule has 0 aromatic heterocycles. The Morgan fingerprint density at radius 3 is 2.86 bits per heavy atom. The summed E-state index contributed by atoms with van der Waals surface area (Å²) < 4.78 is 13.4. The van der Waals surface area contributed by atoms with Gasteiger partial charge in [-0.25, -0.2) is 4.39 Å². The third kappa shape index (κ3) is 1.70. The molecule has 0 saturated carbocycles. The summed E-state index contributed by atoms with van der Waals surface area (Å²) in [6.45, 7) is 1.94. The molecule has 0 amide bonds. The molecule has 14 heavy (non-hydrogen) atoms. The molecule has 1 aromatic carbocycles. The van der Waals surface area contributed by atoms with Crippen molar-refractivity contribution < 1.29 is 9.50 Å². The van der Waals surface area contributed by atoms with Crippen molar-refractivity contribution in [1.29, 1.82) is 0 Å². The van der Waals surface area contributed by atoms with Gasteiger partial charge in [0.2, 0.25) is 0 Å². The molecule has 0 heterocycles. The van der Waals surface area contributed by atoms with E-state index in [-0.39, 0.29) is 5.82 Å². The van der Waals surface area contributed by atoms with Crippen LogP contribution in [0, 0.1) is 12.7 Å². The molecular formula is C12H13FO. The van der Waals surface area contributed by atoms with E-state index in [0.717, 1.165) is 17.6 Å². The second-order valence-corrected chi connectivity index (χ2v) is 3.78. The highest BCUT2D eigenvalue weighted by Gasteiger charge is 2.16. The van der Waals surface area contributed by atoms with Crippen LogP contribution in [0.4, 0.5) is 4.39 Å². The summed E-state index contributed by atoms with van der Waals surface area (Å²) >= 11 is 0. The standard InChI is InChI=1S/C12H13FO/c1-8-2-5-12(13)11(6-8)9-3-4-10(14)7-9/h2,5-7,10,14H,3-4H2,1H3. The zero-order valence-corrected chi connectivity index (χ0v) is 8.13. The molecule has 2 rings (SSSR count). The minimum Gasteiger partial charge on any atom is -0.389 e. The van der Waals surface area contributed by atoms with Crippen molar-refractivity contribution in [2.24, 2.45) is 0 Å². The third-order valence-electron chi connectivity index (χ3n) is 2.57. The van der Waals surface area contributed by atoms with E-state index >= 15 is 0 Å². The fraction of sp³-hybridized carbons (Fsp3) is 0.333. The molecule has 0 bridgehead atoms. The molecule has 2 heteroatoms. The lowest BCUT2D eigenvalue weighted by Crippen LogP contribution is -1.93. The molecule has 1 nitrogen and oxygen atoms in total. The van der Waals surface area contributed by atoms with Gasteiger partial charge in [0, 0.05) is 5.56 Å². The Morgan fingerprint density at radius 1 is 1.43 bits per heavy atom. The first-order chi connectivity index (χ1) is 6.66. The number of aliphatic hydroxyl groups is 1. The molecule has 0 saturated heterocycles. The number of benzene rings is 1. The van der Waals surface area contributed by atoms with Gasteiger partial charge in [0.05, 0.1) is 6.10 Å². The van der Waals surface area contributed by atoms with Crippen molar-refractivity contribution >= 4 is 5.57 Å². The largest absolute Gasteiger partial charge is 0.389 e. The summed E-state index contributed by atoms with van der Waals surface area (Å²) in [4.78, 5) is 0. The van der Waals surface area contributed by atoms with E-state index in [1.807, 2.05) is 13.0 Å². The number of aliphatic hydroxyl groups excluding tert-OH is 1. The van der Waals surface area contributed by atoms with Crippen LogP contribution in [0.3, 0.4) is 0 Å². The van der Waals surface area contributed by atoms with Crippen LogP contribution in [0.5, 0.6) is 0 Å². The van der Waals surface area contributed by atoms with Crippen molar-refractivity contribution in [1.82, 2.24) is 0 Å². The number of hydrogen-bond acceptors (Lipinski definition) is 1. The van der Waals surface area contributed by atoms with E-state index in [0.29, 0.717) is 12.0 Å². The molecular weight excluding hydrogens is 179 g/mol. The molecule has 1 aliphatic rings. The Kier molecular flexibility index (Phi) is 2.38. The maximum atomic E-state index is 13.4. The maximum Gasteiger partial charge on any atom is 0.130 e. The summed E-state index contributed by atoms with van der Waals surface area (Å²) in [5.41, 5.74) is 2.61. The minimum absolute atomic E-state index is 0.198. The van der Waals surface area contributed by atoms with Crippen molar-refractivity contribution in [3.05, 3.63) is 41.2 Å². The van der Waals surface area contributed by atoms with Gasteiger partial charge >= 0.3 is 0 Å². The van der Waals surface area contributed by atoms with Crippen LogP contribution < -0.4 is 0 Å². The fourth-order valence-electron chi connectivity index (χ4n) is 1.81. The molecule has 1 N–H and O–H groups in total. The highest BCUT2D eigenvalue weighted by atomic mass is 19.1. The quantitative estimate of drug-likeness (QED) is 0.725. The SMILES string of the molecule is Cc1ccc(F)c(C2=CC(O)CC2)c1. The summed E-state index contributed by atoms with van der Waals surface area (Å²) in [6.07, 6.45) is 2.83. The second kappa shape index (κ2) is 3.54. The normalized spacial score (nSPS) is 21.1. The fourth-order valence-corrected chi connectivity index (χ4v) is 1.81. The summed E-state index contributed by atoms with van der Waals surface area (Å²) in [7, 11) is 0. The first kappa shape index (κ1) is 9.41. The van der Waals surface area contributed by atoms with Crippen molar-refractivity contribution in [3.63, 3.8) is 0 Å². The Balaban J connectivity index is 2.41. The Labute approximate surface area is 82.9 Å². The van der Waals surface area contributed by atoms with E-state index < -0.39 is 6.10 Å². The number of halogens is 1. The lowest BCUT2D eigenvalue weighted by atomic mass is 10.0. The van der Waals surface area contributed by atoms with Gasteiger partial charge in [-0.1, -0.05) is 17.7 Å². The van der Waals surface area contributed by atoms with Gasteiger partial charge in [0.15, 0.2) is 0 Å². The number of hydrogen-bond donors (Lipinski definition) is 1. The van der Waals surface area contributed by atoms with Gasteiger partial charge < -0.3 is 5.11 Å². The smallest absolute Gasteiger partial charge is 0.130 e. The van der Waals surface area contributed by atoms with Crippen molar-refractivity contribution in [2.75, 3.05) is 0 Å². The van der Waals surface area contributed by atoms with Crippen LogP contribution in [0.1, 0.15) is 24.0 Å². The van der Waals surface area contributed by atoms with E-state index in [4.69, 9.17) is 0 Å². The van der Waals surface area contributed by atoms with Crippen LogP contribution in [0.2, 0.25) is 0 Å². The van der Waals surface area contributed by atoms with Crippen LogP contribution in [-0.2, 0) is 0 Å².